The Morgan fingerprint density at radius 2 is 1.53 bits per heavy atom. The zero-order chi connectivity index (χ0) is 25.9. The molecule has 0 unspecified atom stereocenters. The van der Waals surface area contributed by atoms with E-state index in [0.29, 0.717) is 33.6 Å². The maximum atomic E-state index is 12.2. The number of methoxy groups -OCH3 is 1. The van der Waals surface area contributed by atoms with E-state index in [1.54, 1.807) is 36.4 Å². The Labute approximate surface area is 222 Å². The van der Waals surface area contributed by atoms with Gasteiger partial charge in [-0.25, -0.2) is 0 Å². The molecular weight excluding hydrogens is 552 g/mol. The van der Waals surface area contributed by atoms with Gasteiger partial charge in [0.25, 0.3) is 5.91 Å². The summed E-state index contributed by atoms with van der Waals surface area (Å²) >= 11 is 9.30. The number of halogens is 2. The van der Waals surface area contributed by atoms with E-state index < -0.39 is 18.5 Å². The van der Waals surface area contributed by atoms with Crippen LogP contribution in [0.3, 0.4) is 0 Å². The van der Waals surface area contributed by atoms with E-state index >= 15 is 0 Å². The van der Waals surface area contributed by atoms with Crippen LogP contribution in [0.15, 0.2) is 71.2 Å². The van der Waals surface area contributed by atoms with Gasteiger partial charge in [-0.15, -0.1) is 0 Å². The van der Waals surface area contributed by atoms with E-state index in [9.17, 15) is 14.4 Å². The summed E-state index contributed by atoms with van der Waals surface area (Å²) in [6, 6.07) is 19.2. The van der Waals surface area contributed by atoms with Crippen LogP contribution >= 0.6 is 27.5 Å². The van der Waals surface area contributed by atoms with Gasteiger partial charge >= 0.3 is 5.97 Å². The Morgan fingerprint density at radius 1 is 0.861 bits per heavy atom. The molecule has 0 saturated heterocycles. The van der Waals surface area contributed by atoms with Crippen LogP contribution < -0.4 is 20.1 Å². The molecule has 3 rings (SSSR count). The van der Waals surface area contributed by atoms with Crippen LogP contribution in [0.25, 0.3) is 0 Å². The van der Waals surface area contributed by atoms with Crippen molar-refractivity contribution in [2.24, 2.45) is 0 Å². The number of anilines is 2. The highest BCUT2D eigenvalue weighted by Crippen LogP contribution is 2.27. The lowest BCUT2D eigenvalue weighted by molar-refractivity contribution is -0.147. The molecule has 0 saturated carbocycles. The number of hydrogen-bond acceptors (Lipinski definition) is 6. The zero-order valence-corrected chi connectivity index (χ0v) is 21.7. The molecule has 0 bridgehead atoms. The fraction of sp³-hybridized carbons (Fsp3) is 0.192. The summed E-state index contributed by atoms with van der Waals surface area (Å²) in [6.45, 7) is -0.463. The Balaban J connectivity index is 1.34. The van der Waals surface area contributed by atoms with Gasteiger partial charge in [0.2, 0.25) is 5.91 Å². The zero-order valence-electron chi connectivity index (χ0n) is 19.4. The number of nitrogens with one attached hydrogen (secondary N) is 2. The van der Waals surface area contributed by atoms with Crippen LogP contribution in [-0.4, -0.2) is 31.5 Å². The summed E-state index contributed by atoms with van der Waals surface area (Å²) in [4.78, 5) is 36.2. The van der Waals surface area contributed by atoms with Crippen molar-refractivity contribution in [1.29, 1.82) is 0 Å². The number of amides is 2. The van der Waals surface area contributed by atoms with Gasteiger partial charge in [0.15, 0.2) is 6.61 Å². The van der Waals surface area contributed by atoms with Crippen molar-refractivity contribution in [2.45, 2.75) is 19.3 Å². The molecule has 188 valence electrons. The van der Waals surface area contributed by atoms with E-state index in [2.05, 4.69) is 26.6 Å². The largest absolute Gasteiger partial charge is 0.495 e. The summed E-state index contributed by atoms with van der Waals surface area (Å²) in [5.41, 5.74) is 0.981. The second-order valence-corrected chi connectivity index (χ2v) is 8.89. The number of rotatable bonds is 11. The Kier molecular flexibility index (Phi) is 10.1. The first-order valence-corrected chi connectivity index (χ1v) is 12.1. The summed E-state index contributed by atoms with van der Waals surface area (Å²) in [5.74, 6) is 0.408. The molecule has 8 nitrogen and oxygen atoms in total. The lowest BCUT2D eigenvalue weighted by Crippen LogP contribution is -2.21. The van der Waals surface area contributed by atoms with Crippen molar-refractivity contribution in [2.75, 3.05) is 24.4 Å². The van der Waals surface area contributed by atoms with E-state index in [4.69, 9.17) is 25.8 Å². The molecular formula is C26H24BrClN2O6. The van der Waals surface area contributed by atoms with Crippen LogP contribution in [0.1, 0.15) is 19.3 Å². The first kappa shape index (κ1) is 27.0. The molecule has 2 amide bonds. The predicted octanol–water partition coefficient (Wildman–Crippen LogP) is 6.19. The SMILES string of the molecule is COc1ccc(Cl)cc1NC(=O)COC(=O)CCCC(=O)Nc1ccc(Oc2ccc(Br)cc2)cc1. The normalized spacial score (nSPS) is 10.3. The van der Waals surface area contributed by atoms with E-state index in [1.165, 1.54) is 13.2 Å². The first-order chi connectivity index (χ1) is 17.3. The number of hydrogen-bond donors (Lipinski definition) is 2. The van der Waals surface area contributed by atoms with Crippen molar-refractivity contribution in [3.8, 4) is 17.2 Å². The van der Waals surface area contributed by atoms with Gasteiger partial charge in [-0.3, -0.25) is 14.4 Å². The highest BCUT2D eigenvalue weighted by atomic mass is 79.9. The van der Waals surface area contributed by atoms with Crippen LogP contribution in [0.4, 0.5) is 11.4 Å². The lowest BCUT2D eigenvalue weighted by atomic mass is 10.2. The van der Waals surface area contributed by atoms with E-state index in [-0.39, 0.29) is 25.2 Å². The second kappa shape index (κ2) is 13.5. The third-order valence-corrected chi connectivity index (χ3v) is 5.54. The lowest BCUT2D eigenvalue weighted by Gasteiger charge is -2.11. The minimum atomic E-state index is -0.578. The second-order valence-electron chi connectivity index (χ2n) is 7.54. The summed E-state index contributed by atoms with van der Waals surface area (Å²) in [6.07, 6.45) is 0.401. The maximum Gasteiger partial charge on any atom is 0.306 e. The van der Waals surface area contributed by atoms with Gasteiger partial charge in [-0.1, -0.05) is 27.5 Å². The monoisotopic (exact) mass is 574 g/mol. The van der Waals surface area contributed by atoms with Gasteiger partial charge in [0, 0.05) is 28.0 Å². The summed E-state index contributed by atoms with van der Waals surface area (Å²) in [5, 5.41) is 5.77. The molecule has 0 heterocycles. The topological polar surface area (TPSA) is 103 Å². The van der Waals surface area contributed by atoms with Gasteiger partial charge in [-0.2, -0.15) is 0 Å². The third kappa shape index (κ3) is 8.90. The molecule has 0 radical (unpaired) electrons. The van der Waals surface area contributed by atoms with Crippen molar-refractivity contribution in [1.82, 2.24) is 0 Å². The van der Waals surface area contributed by atoms with Crippen molar-refractivity contribution in [3.63, 3.8) is 0 Å². The smallest absolute Gasteiger partial charge is 0.306 e. The standard InChI is InChI=1S/C26H24BrClN2O6/c1-34-23-14-7-18(28)15-22(23)30-25(32)16-35-26(33)4-2-3-24(31)29-19-8-12-21(13-9-19)36-20-10-5-17(27)6-11-20/h5-15H,2-4,16H2,1H3,(H,29,31)(H,30,32). The number of benzene rings is 3. The van der Waals surface area contributed by atoms with Crippen LogP contribution in [0.5, 0.6) is 17.2 Å². The molecule has 0 aliphatic heterocycles. The minimum Gasteiger partial charge on any atom is -0.495 e. The molecule has 0 aliphatic rings. The van der Waals surface area contributed by atoms with E-state index in [1.807, 2.05) is 24.3 Å². The number of carbonyl (C=O) groups is 3. The molecule has 0 aromatic heterocycles. The average Bonchev–Trinajstić information content (AvgIpc) is 2.85. The van der Waals surface area contributed by atoms with Gasteiger partial charge < -0.3 is 24.8 Å². The highest BCUT2D eigenvalue weighted by molar-refractivity contribution is 9.10. The van der Waals surface area contributed by atoms with Crippen molar-refractivity contribution in [3.05, 3.63) is 76.2 Å². The molecule has 0 spiro atoms. The molecule has 10 heteroatoms. The predicted molar refractivity (Wildman–Crippen MR) is 141 cm³/mol. The van der Waals surface area contributed by atoms with Gasteiger partial charge in [-0.05, 0) is 73.2 Å². The summed E-state index contributed by atoms with van der Waals surface area (Å²) in [7, 11) is 1.46. The Hall–Kier alpha value is -3.56. The van der Waals surface area contributed by atoms with E-state index in [0.717, 1.165) is 4.47 Å². The fourth-order valence-electron chi connectivity index (χ4n) is 3.04. The molecule has 0 fully saturated rings. The van der Waals surface area contributed by atoms with Crippen molar-refractivity contribution >= 4 is 56.7 Å². The quantitative estimate of drug-likeness (QED) is 0.264. The molecule has 36 heavy (non-hydrogen) atoms. The van der Waals surface area contributed by atoms with Crippen molar-refractivity contribution < 1.29 is 28.6 Å². The first-order valence-electron chi connectivity index (χ1n) is 10.9. The molecule has 0 aliphatic carbocycles. The number of ether oxygens (including phenoxy) is 3. The van der Waals surface area contributed by atoms with Crippen LogP contribution in [-0.2, 0) is 19.1 Å². The van der Waals surface area contributed by atoms with Gasteiger partial charge in [0.1, 0.15) is 17.2 Å². The van der Waals surface area contributed by atoms with Gasteiger partial charge in [0.05, 0.1) is 12.8 Å². The van der Waals surface area contributed by atoms with Crippen LogP contribution in [0, 0.1) is 0 Å². The fourth-order valence-corrected chi connectivity index (χ4v) is 3.48. The van der Waals surface area contributed by atoms with Crippen LogP contribution in [0.2, 0.25) is 5.02 Å². The third-order valence-electron chi connectivity index (χ3n) is 4.77. The molecule has 3 aromatic rings. The summed E-state index contributed by atoms with van der Waals surface area (Å²) < 4.78 is 16.8. The number of carbonyl (C=O) groups excluding carboxylic acids is 3. The minimum absolute atomic E-state index is 0.00114. The average molecular weight is 576 g/mol. The maximum absolute atomic E-state index is 12.2. The Bertz CT molecular complexity index is 1200. The molecule has 0 atom stereocenters. The molecule has 2 N–H and O–H groups in total. The molecule has 3 aromatic carbocycles. The highest BCUT2D eigenvalue weighted by Gasteiger charge is 2.12. The Morgan fingerprint density at radius 3 is 2.19 bits per heavy atom. The number of esters is 1.